The van der Waals surface area contributed by atoms with E-state index < -0.39 is 5.82 Å². The zero-order valence-electron chi connectivity index (χ0n) is 10.0. The van der Waals surface area contributed by atoms with Crippen molar-refractivity contribution in [2.75, 3.05) is 19.0 Å². The molecule has 2 heterocycles. The highest BCUT2D eigenvalue weighted by atomic mass is 19.1. The molecule has 0 saturated carbocycles. The van der Waals surface area contributed by atoms with Crippen LogP contribution in [0.4, 0.5) is 10.3 Å². The summed E-state index contributed by atoms with van der Waals surface area (Å²) in [5.41, 5.74) is 0.467. The van der Waals surface area contributed by atoms with Gasteiger partial charge in [-0.2, -0.15) is 15.0 Å². The second-order valence-electron chi connectivity index (χ2n) is 3.39. The second kappa shape index (κ2) is 5.35. The van der Waals surface area contributed by atoms with E-state index in [1.807, 2.05) is 6.92 Å². The highest BCUT2D eigenvalue weighted by Gasteiger charge is 2.09. The summed E-state index contributed by atoms with van der Waals surface area (Å²) in [6.07, 6.45) is 2.60. The number of hydrogen-bond acceptors (Lipinski definition) is 6. The van der Waals surface area contributed by atoms with E-state index in [0.717, 1.165) is 6.20 Å². The summed E-state index contributed by atoms with van der Waals surface area (Å²) in [5, 5.41) is 2.95. The van der Waals surface area contributed by atoms with Crippen molar-refractivity contribution in [3.8, 4) is 17.4 Å². The molecule has 2 aromatic heterocycles. The van der Waals surface area contributed by atoms with Gasteiger partial charge in [-0.25, -0.2) is 4.39 Å². The molecular formula is C11H12FN5O. The SMILES string of the molecule is CCNc1nc(OC)nc(-c2cncc(F)c2)n1. The molecule has 0 aliphatic carbocycles. The van der Waals surface area contributed by atoms with Gasteiger partial charge in [-0.3, -0.25) is 4.98 Å². The second-order valence-corrected chi connectivity index (χ2v) is 3.39. The van der Waals surface area contributed by atoms with Crippen molar-refractivity contribution in [2.45, 2.75) is 6.92 Å². The maximum absolute atomic E-state index is 13.1. The molecule has 0 aliphatic rings. The lowest BCUT2D eigenvalue weighted by Crippen LogP contribution is -2.06. The minimum Gasteiger partial charge on any atom is -0.467 e. The van der Waals surface area contributed by atoms with Crippen LogP contribution >= 0.6 is 0 Å². The average molecular weight is 249 g/mol. The van der Waals surface area contributed by atoms with E-state index in [1.165, 1.54) is 19.4 Å². The van der Waals surface area contributed by atoms with Crippen molar-refractivity contribution in [1.82, 2.24) is 19.9 Å². The molecule has 0 radical (unpaired) electrons. The van der Waals surface area contributed by atoms with Crippen molar-refractivity contribution < 1.29 is 9.13 Å². The standard InChI is InChI=1S/C11H12FN5O/c1-3-14-10-15-9(16-11(17-10)18-2)7-4-8(12)6-13-5-7/h4-6H,3H2,1-2H3,(H,14,15,16,17). The Balaban J connectivity index is 2.46. The Hall–Kier alpha value is -2.31. The number of methoxy groups -OCH3 is 1. The molecular weight excluding hydrogens is 237 g/mol. The number of aromatic nitrogens is 4. The largest absolute Gasteiger partial charge is 0.467 e. The van der Waals surface area contributed by atoms with Gasteiger partial charge in [0, 0.05) is 18.3 Å². The summed E-state index contributed by atoms with van der Waals surface area (Å²) in [6.45, 7) is 2.58. The lowest BCUT2D eigenvalue weighted by atomic mass is 10.2. The molecule has 0 spiro atoms. The third-order valence-electron chi connectivity index (χ3n) is 2.10. The van der Waals surface area contributed by atoms with Crippen molar-refractivity contribution in [2.24, 2.45) is 0 Å². The maximum Gasteiger partial charge on any atom is 0.321 e. The minimum absolute atomic E-state index is 0.167. The van der Waals surface area contributed by atoms with E-state index in [0.29, 0.717) is 23.9 Å². The number of halogens is 1. The van der Waals surface area contributed by atoms with Crippen molar-refractivity contribution in [1.29, 1.82) is 0 Å². The Kier molecular flexibility index (Phi) is 3.61. The Labute approximate surface area is 103 Å². The molecule has 18 heavy (non-hydrogen) atoms. The third kappa shape index (κ3) is 2.68. The van der Waals surface area contributed by atoms with Crippen LogP contribution < -0.4 is 10.1 Å². The molecule has 0 aliphatic heterocycles. The van der Waals surface area contributed by atoms with Gasteiger partial charge in [0.15, 0.2) is 5.82 Å². The van der Waals surface area contributed by atoms with Crippen LogP contribution in [0.3, 0.4) is 0 Å². The van der Waals surface area contributed by atoms with Gasteiger partial charge in [0.05, 0.1) is 13.3 Å². The molecule has 0 aromatic carbocycles. The van der Waals surface area contributed by atoms with Gasteiger partial charge in [-0.15, -0.1) is 0 Å². The van der Waals surface area contributed by atoms with Gasteiger partial charge < -0.3 is 10.1 Å². The Morgan fingerprint density at radius 2 is 2.11 bits per heavy atom. The highest BCUT2D eigenvalue weighted by Crippen LogP contribution is 2.18. The lowest BCUT2D eigenvalue weighted by Gasteiger charge is -2.06. The molecule has 94 valence electrons. The van der Waals surface area contributed by atoms with Crippen molar-refractivity contribution in [3.63, 3.8) is 0 Å². The van der Waals surface area contributed by atoms with Gasteiger partial charge in [-0.1, -0.05) is 0 Å². The van der Waals surface area contributed by atoms with E-state index >= 15 is 0 Å². The van der Waals surface area contributed by atoms with E-state index in [1.54, 1.807) is 0 Å². The van der Waals surface area contributed by atoms with Gasteiger partial charge >= 0.3 is 6.01 Å². The maximum atomic E-state index is 13.1. The first-order valence-corrected chi connectivity index (χ1v) is 5.37. The first-order chi connectivity index (χ1) is 8.72. The molecule has 7 heteroatoms. The summed E-state index contributed by atoms with van der Waals surface area (Å²) < 4.78 is 18.1. The molecule has 0 unspecified atom stereocenters. The molecule has 2 aromatic rings. The smallest absolute Gasteiger partial charge is 0.321 e. The fourth-order valence-corrected chi connectivity index (χ4v) is 1.35. The molecule has 0 amide bonds. The lowest BCUT2D eigenvalue weighted by molar-refractivity contribution is 0.379. The van der Waals surface area contributed by atoms with Gasteiger partial charge in [0.1, 0.15) is 5.82 Å². The zero-order valence-corrected chi connectivity index (χ0v) is 10.0. The quantitative estimate of drug-likeness (QED) is 0.885. The molecule has 6 nitrogen and oxygen atoms in total. The normalized spacial score (nSPS) is 10.2. The third-order valence-corrected chi connectivity index (χ3v) is 2.10. The fourth-order valence-electron chi connectivity index (χ4n) is 1.35. The number of nitrogens with zero attached hydrogens (tertiary/aromatic N) is 4. The van der Waals surface area contributed by atoms with Crippen LogP contribution in [0, 0.1) is 5.82 Å². The minimum atomic E-state index is -0.447. The zero-order chi connectivity index (χ0) is 13.0. The van der Waals surface area contributed by atoms with E-state index in [9.17, 15) is 4.39 Å². The number of nitrogens with one attached hydrogen (secondary N) is 1. The molecule has 0 atom stereocenters. The fraction of sp³-hybridized carbons (Fsp3) is 0.273. The van der Waals surface area contributed by atoms with Crippen LogP contribution in [0.1, 0.15) is 6.92 Å². The first kappa shape index (κ1) is 12.2. The van der Waals surface area contributed by atoms with Crippen molar-refractivity contribution >= 4 is 5.95 Å². The average Bonchev–Trinajstić information content (AvgIpc) is 2.39. The van der Waals surface area contributed by atoms with Crippen LogP contribution in [0.2, 0.25) is 0 Å². The van der Waals surface area contributed by atoms with E-state index in [4.69, 9.17) is 4.74 Å². The van der Waals surface area contributed by atoms with E-state index in [-0.39, 0.29) is 6.01 Å². The van der Waals surface area contributed by atoms with Crippen LogP contribution in [0.5, 0.6) is 6.01 Å². The van der Waals surface area contributed by atoms with Crippen LogP contribution in [0.25, 0.3) is 11.4 Å². The summed E-state index contributed by atoms with van der Waals surface area (Å²) >= 11 is 0. The van der Waals surface area contributed by atoms with E-state index in [2.05, 4.69) is 25.3 Å². The topological polar surface area (TPSA) is 72.8 Å². The number of pyridine rings is 1. The monoisotopic (exact) mass is 249 g/mol. The highest BCUT2D eigenvalue weighted by molar-refractivity contribution is 5.55. The summed E-state index contributed by atoms with van der Waals surface area (Å²) in [5.74, 6) is 0.241. The molecule has 1 N–H and O–H groups in total. The van der Waals surface area contributed by atoms with Crippen LogP contribution in [-0.2, 0) is 0 Å². The number of rotatable bonds is 4. The van der Waals surface area contributed by atoms with Gasteiger partial charge in [0.25, 0.3) is 0 Å². The van der Waals surface area contributed by atoms with Gasteiger partial charge in [0.2, 0.25) is 5.95 Å². The Bertz CT molecular complexity index is 549. The summed E-state index contributed by atoms with van der Waals surface area (Å²) in [6, 6.07) is 1.47. The van der Waals surface area contributed by atoms with Gasteiger partial charge in [-0.05, 0) is 13.0 Å². The summed E-state index contributed by atoms with van der Waals surface area (Å²) in [4.78, 5) is 16.0. The Morgan fingerprint density at radius 3 is 2.78 bits per heavy atom. The molecule has 0 bridgehead atoms. The molecule has 0 fully saturated rings. The predicted octanol–water partition coefficient (Wildman–Crippen LogP) is 1.51. The van der Waals surface area contributed by atoms with Crippen LogP contribution in [-0.4, -0.2) is 33.6 Å². The first-order valence-electron chi connectivity index (χ1n) is 5.37. The molecule has 2 rings (SSSR count). The summed E-state index contributed by atoms with van der Waals surface area (Å²) in [7, 11) is 1.46. The number of hydrogen-bond donors (Lipinski definition) is 1. The predicted molar refractivity (Wildman–Crippen MR) is 63.7 cm³/mol. The number of anilines is 1. The Morgan fingerprint density at radius 1 is 1.28 bits per heavy atom. The van der Waals surface area contributed by atoms with Crippen molar-refractivity contribution in [3.05, 3.63) is 24.3 Å². The van der Waals surface area contributed by atoms with Crippen LogP contribution in [0.15, 0.2) is 18.5 Å². The number of ether oxygens (including phenoxy) is 1. The molecule has 0 saturated heterocycles.